The summed E-state index contributed by atoms with van der Waals surface area (Å²) in [5.41, 5.74) is 22.9. The highest BCUT2D eigenvalue weighted by Gasteiger charge is 2.29. The van der Waals surface area contributed by atoms with Gasteiger partial charge in [-0.25, -0.2) is 0 Å². The number of nitrogens with zero attached hydrogens (tertiary/aromatic N) is 2. The lowest BCUT2D eigenvalue weighted by atomic mass is 9.89. The molecule has 6 rings (SSSR count). The first-order valence-electron chi connectivity index (χ1n) is 18.0. The summed E-state index contributed by atoms with van der Waals surface area (Å²) in [6.45, 7) is 9.56. The summed E-state index contributed by atoms with van der Waals surface area (Å²) in [6.07, 6.45) is 2.64. The van der Waals surface area contributed by atoms with Crippen molar-refractivity contribution in [2.24, 2.45) is 17.2 Å². The Morgan fingerprint density at radius 2 is 1.20 bits per heavy atom. The van der Waals surface area contributed by atoms with E-state index >= 15 is 0 Å². The standard InChI is InChI=1S/C43H48N8O4/c1-25(55-28-18-16-26(17-19-28)38(42(2,3)45)50-34-20-22-47-36-30(34)12-8-14-32(36)40(44)52)49-41(53)33-15-9-13-31-35(21-23-48-37(31)33)51-39(43(4,5)46)27-10-7-11-29(24-27)54-6/h7-25,38-39H,45-46H2,1-6H3,(H2,44,52)(H,47,50)(H,48,51)(H,49,53)/t25?,38-,39-/m0/s1. The molecule has 284 valence electrons. The van der Waals surface area contributed by atoms with Gasteiger partial charge in [0.2, 0.25) is 0 Å². The van der Waals surface area contributed by atoms with E-state index in [9.17, 15) is 9.59 Å². The largest absolute Gasteiger partial charge is 0.497 e. The molecule has 2 heterocycles. The van der Waals surface area contributed by atoms with Gasteiger partial charge in [-0.15, -0.1) is 0 Å². The van der Waals surface area contributed by atoms with Crippen molar-refractivity contribution in [3.05, 3.63) is 132 Å². The number of para-hydroxylation sites is 2. The molecule has 55 heavy (non-hydrogen) atoms. The summed E-state index contributed by atoms with van der Waals surface area (Å²) >= 11 is 0. The Bertz CT molecular complexity index is 2330. The van der Waals surface area contributed by atoms with E-state index in [0.717, 1.165) is 39.0 Å². The van der Waals surface area contributed by atoms with Gasteiger partial charge in [-0.3, -0.25) is 19.6 Å². The van der Waals surface area contributed by atoms with Crippen molar-refractivity contribution in [2.75, 3.05) is 17.7 Å². The minimum absolute atomic E-state index is 0.278. The Morgan fingerprint density at radius 1 is 0.673 bits per heavy atom. The van der Waals surface area contributed by atoms with Gasteiger partial charge in [0.15, 0.2) is 6.23 Å². The maximum absolute atomic E-state index is 13.7. The summed E-state index contributed by atoms with van der Waals surface area (Å²) < 4.78 is 11.6. The van der Waals surface area contributed by atoms with Gasteiger partial charge in [0.1, 0.15) is 11.5 Å². The lowest BCUT2D eigenvalue weighted by molar-refractivity contribution is 0.0852. The number of carbonyl (C=O) groups excluding carboxylic acids is 2. The third kappa shape index (κ3) is 8.61. The van der Waals surface area contributed by atoms with Crippen molar-refractivity contribution < 1.29 is 19.1 Å². The van der Waals surface area contributed by atoms with Crippen molar-refractivity contribution in [3.63, 3.8) is 0 Å². The first kappa shape index (κ1) is 38.5. The smallest absolute Gasteiger partial charge is 0.256 e. The highest BCUT2D eigenvalue weighted by atomic mass is 16.5. The fourth-order valence-electron chi connectivity index (χ4n) is 6.75. The molecule has 0 fully saturated rings. The molecular formula is C43H48N8O4. The molecule has 0 aliphatic rings. The number of benzene rings is 4. The van der Waals surface area contributed by atoms with Crippen LogP contribution < -0.4 is 42.6 Å². The molecule has 0 aliphatic heterocycles. The molecule has 6 aromatic rings. The number of hydrogen-bond donors (Lipinski definition) is 6. The van der Waals surface area contributed by atoms with E-state index in [0.29, 0.717) is 27.9 Å². The third-order valence-corrected chi connectivity index (χ3v) is 9.43. The van der Waals surface area contributed by atoms with Crippen LogP contribution in [0, 0.1) is 0 Å². The molecule has 2 amide bonds. The number of aromatic nitrogens is 2. The molecule has 2 aromatic heterocycles. The number of primary amides is 1. The van der Waals surface area contributed by atoms with Gasteiger partial charge < -0.3 is 42.6 Å². The third-order valence-electron chi connectivity index (χ3n) is 9.43. The van der Waals surface area contributed by atoms with Gasteiger partial charge in [-0.1, -0.05) is 48.5 Å². The maximum atomic E-state index is 13.7. The fraction of sp³-hybridized carbons (Fsp3) is 0.256. The normalized spacial score (nSPS) is 13.5. The van der Waals surface area contributed by atoms with Crippen LogP contribution in [0.25, 0.3) is 21.8 Å². The number of methoxy groups -OCH3 is 1. The number of nitrogens with two attached hydrogens (primary N) is 3. The zero-order valence-corrected chi connectivity index (χ0v) is 31.9. The molecule has 0 saturated carbocycles. The minimum Gasteiger partial charge on any atom is -0.497 e. The molecule has 12 nitrogen and oxygen atoms in total. The second-order valence-corrected chi connectivity index (χ2v) is 14.9. The highest BCUT2D eigenvalue weighted by Crippen LogP contribution is 2.35. The van der Waals surface area contributed by atoms with Crippen LogP contribution in [-0.4, -0.2) is 46.2 Å². The van der Waals surface area contributed by atoms with Crippen LogP contribution in [0.5, 0.6) is 11.5 Å². The monoisotopic (exact) mass is 740 g/mol. The Morgan fingerprint density at radius 3 is 1.75 bits per heavy atom. The SMILES string of the molecule is COc1cccc([C@H](Nc2ccnc3c(C(=O)NC(C)Oc4ccc([C@H](Nc5ccnc6c(C(N)=O)cccc56)C(C)(C)N)cc4)cccc23)C(C)(C)N)c1. The summed E-state index contributed by atoms with van der Waals surface area (Å²) in [5, 5.41) is 11.7. The van der Waals surface area contributed by atoms with E-state index in [-0.39, 0.29) is 18.0 Å². The molecule has 0 spiro atoms. The number of amides is 2. The van der Waals surface area contributed by atoms with Crippen LogP contribution in [0.1, 0.15) is 78.5 Å². The van der Waals surface area contributed by atoms with Crippen LogP contribution in [0.2, 0.25) is 0 Å². The molecule has 0 saturated heterocycles. The maximum Gasteiger partial charge on any atom is 0.256 e. The number of nitrogens with one attached hydrogen (secondary N) is 3. The zero-order chi connectivity index (χ0) is 39.5. The average Bonchev–Trinajstić information content (AvgIpc) is 3.14. The molecule has 1 unspecified atom stereocenters. The molecular weight excluding hydrogens is 693 g/mol. The van der Waals surface area contributed by atoms with E-state index in [1.165, 1.54) is 0 Å². The molecule has 12 heteroatoms. The molecule has 0 radical (unpaired) electrons. The molecule has 3 atom stereocenters. The molecule has 0 bridgehead atoms. The Kier molecular flexibility index (Phi) is 10.9. The minimum atomic E-state index is -0.696. The van der Waals surface area contributed by atoms with Crippen molar-refractivity contribution in [3.8, 4) is 11.5 Å². The van der Waals surface area contributed by atoms with E-state index in [2.05, 4.69) is 25.9 Å². The number of hydrogen-bond acceptors (Lipinski definition) is 10. The van der Waals surface area contributed by atoms with Crippen molar-refractivity contribution in [1.29, 1.82) is 0 Å². The van der Waals surface area contributed by atoms with E-state index in [4.69, 9.17) is 26.7 Å². The van der Waals surface area contributed by atoms with Gasteiger partial charge in [-0.2, -0.15) is 0 Å². The van der Waals surface area contributed by atoms with Gasteiger partial charge >= 0.3 is 0 Å². The van der Waals surface area contributed by atoms with Gasteiger partial charge in [0.05, 0.1) is 41.4 Å². The molecule has 4 aromatic carbocycles. The van der Waals surface area contributed by atoms with Crippen LogP contribution in [-0.2, 0) is 0 Å². The van der Waals surface area contributed by atoms with Crippen LogP contribution in [0.4, 0.5) is 11.4 Å². The highest BCUT2D eigenvalue weighted by molar-refractivity contribution is 6.08. The Hall–Kier alpha value is -6.24. The zero-order valence-electron chi connectivity index (χ0n) is 31.9. The van der Waals surface area contributed by atoms with Crippen LogP contribution >= 0.6 is 0 Å². The van der Waals surface area contributed by atoms with Crippen molar-refractivity contribution in [2.45, 2.75) is 64.0 Å². The predicted molar refractivity (Wildman–Crippen MR) is 218 cm³/mol. The van der Waals surface area contributed by atoms with Crippen LogP contribution in [0.15, 0.2) is 109 Å². The summed E-state index contributed by atoms with van der Waals surface area (Å²) in [7, 11) is 1.63. The molecule has 0 aliphatic carbocycles. The second kappa shape index (κ2) is 15.6. The van der Waals surface area contributed by atoms with Crippen molar-refractivity contribution in [1.82, 2.24) is 15.3 Å². The Labute approximate surface area is 320 Å². The fourth-order valence-corrected chi connectivity index (χ4v) is 6.75. The number of fused-ring (bicyclic) bond motifs is 2. The lowest BCUT2D eigenvalue weighted by Crippen LogP contribution is -2.43. The topological polar surface area (TPSA) is 193 Å². The summed E-state index contributed by atoms with van der Waals surface area (Å²) in [4.78, 5) is 34.7. The predicted octanol–water partition coefficient (Wildman–Crippen LogP) is 6.83. The quantitative estimate of drug-likeness (QED) is 0.0646. The Balaban J connectivity index is 1.17. The average molecular weight is 741 g/mol. The number of anilines is 2. The number of rotatable bonds is 14. The summed E-state index contributed by atoms with van der Waals surface area (Å²) in [5.74, 6) is 0.411. The van der Waals surface area contributed by atoms with E-state index in [1.54, 1.807) is 44.6 Å². The second-order valence-electron chi connectivity index (χ2n) is 14.9. The number of pyridine rings is 2. The van der Waals surface area contributed by atoms with Crippen LogP contribution in [0.3, 0.4) is 0 Å². The number of ether oxygens (including phenoxy) is 2. The van der Waals surface area contributed by atoms with E-state index < -0.39 is 23.2 Å². The first-order valence-corrected chi connectivity index (χ1v) is 18.0. The number of carbonyl (C=O) groups is 2. The van der Waals surface area contributed by atoms with Gasteiger partial charge in [0, 0.05) is 45.6 Å². The van der Waals surface area contributed by atoms with Gasteiger partial charge in [-0.05, 0) is 94.3 Å². The first-order chi connectivity index (χ1) is 26.1. The van der Waals surface area contributed by atoms with Gasteiger partial charge in [0.25, 0.3) is 11.8 Å². The summed E-state index contributed by atoms with van der Waals surface area (Å²) in [6, 6.07) is 29.3. The lowest BCUT2D eigenvalue weighted by Gasteiger charge is -2.33. The molecule has 9 N–H and O–H groups in total. The van der Waals surface area contributed by atoms with Crippen molar-refractivity contribution >= 4 is 45.0 Å². The van der Waals surface area contributed by atoms with E-state index in [1.807, 2.05) is 107 Å².